The largest absolute Gasteiger partial charge is 0.356 e. The lowest BCUT2D eigenvalue weighted by molar-refractivity contribution is 0.426. The van der Waals surface area contributed by atoms with Gasteiger partial charge in [0.15, 0.2) is 5.76 Å². The molecule has 0 aromatic carbocycles. The molecule has 1 N–H and O–H groups in total. The topological polar surface area (TPSA) is 72.2 Å². The van der Waals surface area contributed by atoms with Gasteiger partial charge in [-0.25, -0.2) is 13.1 Å². The van der Waals surface area contributed by atoms with Gasteiger partial charge in [0.25, 0.3) is 0 Å². The van der Waals surface area contributed by atoms with Gasteiger partial charge < -0.3 is 4.52 Å². The molecule has 1 fully saturated rings. The van der Waals surface area contributed by atoms with Gasteiger partial charge in [-0.05, 0) is 25.8 Å². The van der Waals surface area contributed by atoms with E-state index in [9.17, 15) is 8.42 Å². The van der Waals surface area contributed by atoms with Crippen molar-refractivity contribution in [1.82, 2.24) is 9.88 Å². The molecule has 23 heavy (non-hydrogen) atoms. The summed E-state index contributed by atoms with van der Waals surface area (Å²) in [5.74, 6) is 0.603. The van der Waals surface area contributed by atoms with Crippen LogP contribution >= 0.6 is 11.3 Å². The summed E-state index contributed by atoms with van der Waals surface area (Å²) in [5, 5.41) is 5.64. The van der Waals surface area contributed by atoms with Crippen LogP contribution in [0.3, 0.4) is 0 Å². The van der Waals surface area contributed by atoms with Crippen molar-refractivity contribution in [3.05, 3.63) is 23.2 Å². The molecule has 2 aromatic heterocycles. The van der Waals surface area contributed by atoms with Crippen LogP contribution in [0.2, 0.25) is 0 Å². The van der Waals surface area contributed by atoms with Gasteiger partial charge in [0.05, 0.1) is 5.69 Å². The Bertz CT molecular complexity index is 741. The van der Waals surface area contributed by atoms with E-state index in [-0.39, 0.29) is 6.04 Å². The predicted octanol–water partition coefficient (Wildman–Crippen LogP) is 4.10. The third kappa shape index (κ3) is 4.22. The first kappa shape index (κ1) is 16.7. The normalized spacial score (nSPS) is 17.8. The Morgan fingerprint density at radius 1 is 1.17 bits per heavy atom. The van der Waals surface area contributed by atoms with Gasteiger partial charge in [-0.3, -0.25) is 0 Å². The molecule has 0 atom stereocenters. The van der Waals surface area contributed by atoms with Crippen molar-refractivity contribution in [3.63, 3.8) is 0 Å². The number of thiophene rings is 1. The van der Waals surface area contributed by atoms with Crippen LogP contribution in [0.25, 0.3) is 11.3 Å². The Morgan fingerprint density at radius 3 is 2.52 bits per heavy atom. The summed E-state index contributed by atoms with van der Waals surface area (Å²) in [7, 11) is -3.46. The first-order valence-corrected chi connectivity index (χ1v) is 10.5. The van der Waals surface area contributed by atoms with E-state index in [1.54, 1.807) is 17.5 Å². The van der Waals surface area contributed by atoms with Crippen LogP contribution in [0, 0.1) is 6.92 Å². The van der Waals surface area contributed by atoms with Crippen LogP contribution in [-0.4, -0.2) is 19.6 Å². The summed E-state index contributed by atoms with van der Waals surface area (Å²) < 4.78 is 33.6. The van der Waals surface area contributed by atoms with Crippen molar-refractivity contribution >= 4 is 21.4 Å². The molecule has 1 saturated carbocycles. The third-order valence-corrected chi connectivity index (χ3v) is 7.14. The van der Waals surface area contributed by atoms with Gasteiger partial charge >= 0.3 is 0 Å². The zero-order valence-corrected chi connectivity index (χ0v) is 14.9. The van der Waals surface area contributed by atoms with Gasteiger partial charge in [0, 0.05) is 23.1 Å². The summed E-state index contributed by atoms with van der Waals surface area (Å²) in [6, 6.07) is 3.52. The lowest BCUT2D eigenvalue weighted by atomic mass is 9.97. The Labute approximate surface area is 141 Å². The average molecular weight is 354 g/mol. The molecule has 1 aliphatic rings. The Morgan fingerprint density at radius 2 is 1.87 bits per heavy atom. The van der Waals surface area contributed by atoms with Crippen molar-refractivity contribution in [1.29, 1.82) is 0 Å². The van der Waals surface area contributed by atoms with E-state index < -0.39 is 10.0 Å². The van der Waals surface area contributed by atoms with Gasteiger partial charge in [-0.2, -0.15) is 0 Å². The molecule has 126 valence electrons. The molecule has 5 nitrogen and oxygen atoms in total. The molecule has 1 aliphatic carbocycles. The second kappa shape index (κ2) is 7.15. The first-order chi connectivity index (χ1) is 11.0. The molecule has 3 rings (SSSR count). The van der Waals surface area contributed by atoms with E-state index in [0.29, 0.717) is 9.97 Å². The lowest BCUT2D eigenvalue weighted by Crippen LogP contribution is -2.34. The maximum atomic E-state index is 12.6. The fourth-order valence-corrected chi connectivity index (χ4v) is 5.43. The fraction of sp³-hybridized carbons (Fsp3) is 0.562. The van der Waals surface area contributed by atoms with Gasteiger partial charge in [-0.15, -0.1) is 11.3 Å². The quantitative estimate of drug-likeness (QED) is 0.897. The van der Waals surface area contributed by atoms with Crippen LogP contribution in [0.1, 0.15) is 50.6 Å². The zero-order chi connectivity index (χ0) is 16.3. The lowest BCUT2D eigenvalue weighted by Gasteiger charge is -2.20. The highest BCUT2D eigenvalue weighted by Crippen LogP contribution is 2.29. The van der Waals surface area contributed by atoms with Crippen molar-refractivity contribution < 1.29 is 12.9 Å². The first-order valence-electron chi connectivity index (χ1n) is 8.09. The highest BCUT2D eigenvalue weighted by Gasteiger charge is 2.23. The molecule has 7 heteroatoms. The standard InChI is InChI=1S/C16H22N2O3S2/c1-12-9-15(21-17-12)13-10-16(22-11-13)23(19,20)18-14-7-5-3-2-4-6-8-14/h9-11,14,18H,2-8H2,1H3. The number of rotatable bonds is 4. The van der Waals surface area contributed by atoms with E-state index >= 15 is 0 Å². The summed E-state index contributed by atoms with van der Waals surface area (Å²) in [4.78, 5) is 0. The van der Waals surface area contributed by atoms with E-state index in [1.807, 2.05) is 6.92 Å². The molecule has 0 saturated heterocycles. The van der Waals surface area contributed by atoms with Crippen LogP contribution in [-0.2, 0) is 10.0 Å². The molecular weight excluding hydrogens is 332 g/mol. The SMILES string of the molecule is Cc1cc(-c2csc(S(=O)(=O)NC3CCCCCCC3)c2)on1. The van der Waals surface area contributed by atoms with E-state index in [4.69, 9.17) is 4.52 Å². The third-order valence-electron chi connectivity index (χ3n) is 4.18. The fourth-order valence-electron chi connectivity index (χ4n) is 2.94. The number of nitrogens with one attached hydrogen (secondary N) is 1. The molecule has 0 aliphatic heterocycles. The number of aromatic nitrogens is 1. The Hall–Kier alpha value is -1.18. The minimum absolute atomic E-state index is 0.0540. The molecule has 0 bridgehead atoms. The highest BCUT2D eigenvalue weighted by molar-refractivity contribution is 7.91. The molecule has 0 amide bonds. The van der Waals surface area contributed by atoms with Crippen molar-refractivity contribution in [2.75, 3.05) is 0 Å². The number of hydrogen-bond donors (Lipinski definition) is 1. The minimum Gasteiger partial charge on any atom is -0.356 e. The van der Waals surface area contributed by atoms with Crippen LogP contribution in [0.5, 0.6) is 0 Å². The van der Waals surface area contributed by atoms with E-state index in [1.165, 1.54) is 30.6 Å². The van der Waals surface area contributed by atoms with E-state index in [0.717, 1.165) is 36.9 Å². The van der Waals surface area contributed by atoms with Gasteiger partial charge in [-0.1, -0.05) is 37.3 Å². The highest BCUT2D eigenvalue weighted by atomic mass is 32.2. The second-order valence-electron chi connectivity index (χ2n) is 6.15. The second-order valence-corrected chi connectivity index (χ2v) is 9.00. The summed E-state index contributed by atoms with van der Waals surface area (Å²) in [5.41, 5.74) is 1.54. The minimum atomic E-state index is -3.46. The molecule has 0 radical (unpaired) electrons. The number of nitrogens with zero attached hydrogens (tertiary/aromatic N) is 1. The molecule has 0 unspecified atom stereocenters. The number of aryl methyl sites for hydroxylation is 1. The van der Waals surface area contributed by atoms with Crippen LogP contribution in [0.15, 0.2) is 26.2 Å². The summed E-state index contributed by atoms with van der Waals surface area (Å²) >= 11 is 1.22. The maximum absolute atomic E-state index is 12.6. The van der Waals surface area contributed by atoms with Gasteiger partial charge in [0.1, 0.15) is 4.21 Å². The molecule has 0 spiro atoms. The summed E-state index contributed by atoms with van der Waals surface area (Å²) in [6.45, 7) is 1.84. The zero-order valence-electron chi connectivity index (χ0n) is 13.2. The molecule has 2 aromatic rings. The van der Waals surface area contributed by atoms with Crippen molar-refractivity contribution in [2.24, 2.45) is 0 Å². The molecular formula is C16H22N2O3S2. The van der Waals surface area contributed by atoms with E-state index in [2.05, 4.69) is 9.88 Å². The Balaban J connectivity index is 1.73. The summed E-state index contributed by atoms with van der Waals surface area (Å²) in [6.07, 6.45) is 7.72. The molecule has 2 heterocycles. The Kier molecular flexibility index (Phi) is 5.18. The number of hydrogen-bond acceptors (Lipinski definition) is 5. The van der Waals surface area contributed by atoms with Crippen molar-refractivity contribution in [2.45, 2.75) is 62.1 Å². The van der Waals surface area contributed by atoms with Crippen LogP contribution < -0.4 is 4.72 Å². The van der Waals surface area contributed by atoms with Crippen molar-refractivity contribution in [3.8, 4) is 11.3 Å². The van der Waals surface area contributed by atoms with Crippen LogP contribution in [0.4, 0.5) is 0 Å². The average Bonchev–Trinajstić information content (AvgIpc) is 3.10. The number of sulfonamides is 1. The maximum Gasteiger partial charge on any atom is 0.250 e. The van der Waals surface area contributed by atoms with Gasteiger partial charge in [0.2, 0.25) is 10.0 Å². The monoisotopic (exact) mass is 354 g/mol. The predicted molar refractivity (Wildman–Crippen MR) is 91.0 cm³/mol. The smallest absolute Gasteiger partial charge is 0.250 e.